The fourth-order valence-corrected chi connectivity index (χ4v) is 3.48. The quantitative estimate of drug-likeness (QED) is 0.829. The molecule has 5 nitrogen and oxygen atoms in total. The lowest BCUT2D eigenvalue weighted by Crippen LogP contribution is -2.56. The molecule has 3 heterocycles. The molecule has 0 N–H and O–H groups in total. The largest absolute Gasteiger partial charge is 0.459 e. The van der Waals surface area contributed by atoms with Crippen LogP contribution in [0.3, 0.4) is 0 Å². The van der Waals surface area contributed by atoms with Crippen LogP contribution < -0.4 is 0 Å². The molecule has 1 unspecified atom stereocenters. The minimum absolute atomic E-state index is 0.0829. The van der Waals surface area contributed by atoms with E-state index in [-0.39, 0.29) is 17.4 Å². The Morgan fingerprint density at radius 3 is 2.95 bits per heavy atom. The lowest BCUT2D eigenvalue weighted by atomic mass is 9.85. The van der Waals surface area contributed by atoms with Gasteiger partial charge in [-0.15, -0.1) is 0 Å². The SMILES string of the molecule is CCN1CC2(CCCCN2C(=O)c2ccco2)CC1=O. The molecule has 1 aromatic heterocycles. The summed E-state index contributed by atoms with van der Waals surface area (Å²) in [7, 11) is 0. The first-order valence-corrected chi connectivity index (χ1v) is 7.29. The summed E-state index contributed by atoms with van der Waals surface area (Å²) in [6.07, 6.45) is 4.94. The predicted octanol–water partition coefficient (Wildman–Crippen LogP) is 1.90. The number of nitrogens with zero attached hydrogens (tertiary/aromatic N) is 2. The molecule has 20 heavy (non-hydrogen) atoms. The van der Waals surface area contributed by atoms with Gasteiger partial charge in [-0.2, -0.15) is 0 Å². The van der Waals surface area contributed by atoms with Crippen molar-refractivity contribution >= 4 is 11.8 Å². The van der Waals surface area contributed by atoms with E-state index in [0.717, 1.165) is 19.3 Å². The Kier molecular flexibility index (Phi) is 3.28. The van der Waals surface area contributed by atoms with Gasteiger partial charge in [0.25, 0.3) is 5.91 Å². The first-order chi connectivity index (χ1) is 9.66. The van der Waals surface area contributed by atoms with Crippen molar-refractivity contribution in [3.8, 4) is 0 Å². The summed E-state index contributed by atoms with van der Waals surface area (Å²) in [6, 6.07) is 3.42. The summed E-state index contributed by atoms with van der Waals surface area (Å²) < 4.78 is 5.24. The van der Waals surface area contributed by atoms with Gasteiger partial charge in [-0.1, -0.05) is 0 Å². The predicted molar refractivity (Wildman–Crippen MR) is 73.2 cm³/mol. The van der Waals surface area contributed by atoms with Gasteiger partial charge in [-0.3, -0.25) is 9.59 Å². The summed E-state index contributed by atoms with van der Waals surface area (Å²) in [4.78, 5) is 28.5. The molecular formula is C15H20N2O3. The monoisotopic (exact) mass is 276 g/mol. The molecule has 1 spiro atoms. The van der Waals surface area contributed by atoms with Crippen LogP contribution in [0.15, 0.2) is 22.8 Å². The normalized spacial score (nSPS) is 26.6. The maximum atomic E-state index is 12.6. The van der Waals surface area contributed by atoms with E-state index in [1.165, 1.54) is 6.26 Å². The molecule has 0 bridgehead atoms. The van der Waals surface area contributed by atoms with Crippen LogP contribution >= 0.6 is 0 Å². The Morgan fingerprint density at radius 1 is 1.45 bits per heavy atom. The zero-order chi connectivity index (χ0) is 14.2. The van der Waals surface area contributed by atoms with Crippen molar-refractivity contribution in [2.45, 2.75) is 38.1 Å². The lowest BCUT2D eigenvalue weighted by Gasteiger charge is -2.43. The number of carbonyl (C=O) groups excluding carboxylic acids is 2. The van der Waals surface area contributed by atoms with Gasteiger partial charge in [-0.25, -0.2) is 0 Å². The maximum absolute atomic E-state index is 12.6. The highest BCUT2D eigenvalue weighted by Gasteiger charge is 2.50. The first-order valence-electron chi connectivity index (χ1n) is 7.29. The van der Waals surface area contributed by atoms with E-state index in [9.17, 15) is 9.59 Å². The molecule has 0 radical (unpaired) electrons. The summed E-state index contributed by atoms with van der Waals surface area (Å²) in [5.41, 5.74) is -0.324. The Hall–Kier alpha value is -1.78. The van der Waals surface area contributed by atoms with Crippen LogP contribution in [0, 0.1) is 0 Å². The topological polar surface area (TPSA) is 53.8 Å². The van der Waals surface area contributed by atoms with Crippen LogP contribution in [0.4, 0.5) is 0 Å². The van der Waals surface area contributed by atoms with Crippen molar-refractivity contribution in [3.05, 3.63) is 24.2 Å². The van der Waals surface area contributed by atoms with Gasteiger partial charge < -0.3 is 14.2 Å². The van der Waals surface area contributed by atoms with Crippen molar-refractivity contribution in [1.82, 2.24) is 9.80 Å². The molecule has 0 aromatic carbocycles. The van der Waals surface area contributed by atoms with Gasteiger partial charge in [0.05, 0.1) is 18.2 Å². The van der Waals surface area contributed by atoms with Crippen molar-refractivity contribution in [1.29, 1.82) is 0 Å². The Bertz CT molecular complexity index is 511. The van der Waals surface area contributed by atoms with Gasteiger partial charge in [-0.05, 0) is 38.3 Å². The molecule has 3 rings (SSSR count). The van der Waals surface area contributed by atoms with Gasteiger partial charge in [0.2, 0.25) is 5.91 Å². The van der Waals surface area contributed by atoms with E-state index in [0.29, 0.717) is 31.8 Å². The summed E-state index contributed by atoms with van der Waals surface area (Å²) in [6.45, 7) is 4.07. The van der Waals surface area contributed by atoms with E-state index in [1.54, 1.807) is 12.1 Å². The molecule has 2 amide bonds. The highest BCUT2D eigenvalue weighted by Crippen LogP contribution is 2.38. The number of piperidine rings is 1. The van der Waals surface area contributed by atoms with Gasteiger partial charge in [0.15, 0.2) is 5.76 Å². The second kappa shape index (κ2) is 4.96. The zero-order valence-corrected chi connectivity index (χ0v) is 11.8. The molecule has 1 atom stereocenters. The lowest BCUT2D eigenvalue weighted by molar-refractivity contribution is -0.127. The third-order valence-corrected chi connectivity index (χ3v) is 4.52. The van der Waals surface area contributed by atoms with E-state index >= 15 is 0 Å². The van der Waals surface area contributed by atoms with Crippen LogP contribution in [-0.4, -0.2) is 46.8 Å². The minimum Gasteiger partial charge on any atom is -0.459 e. The molecule has 2 aliphatic rings. The van der Waals surface area contributed by atoms with E-state index < -0.39 is 0 Å². The van der Waals surface area contributed by atoms with Crippen LogP contribution in [0.2, 0.25) is 0 Å². The van der Waals surface area contributed by atoms with Crippen molar-refractivity contribution in [2.24, 2.45) is 0 Å². The minimum atomic E-state index is -0.324. The summed E-state index contributed by atoms with van der Waals surface area (Å²) in [5.74, 6) is 0.445. The van der Waals surface area contributed by atoms with Crippen molar-refractivity contribution in [2.75, 3.05) is 19.6 Å². The smallest absolute Gasteiger partial charge is 0.290 e. The molecule has 108 valence electrons. The number of furan rings is 1. The molecule has 0 aliphatic carbocycles. The number of amides is 2. The van der Waals surface area contributed by atoms with Crippen LogP contribution in [0.25, 0.3) is 0 Å². The first kappa shape index (κ1) is 13.2. The average Bonchev–Trinajstić information content (AvgIpc) is 3.07. The summed E-state index contributed by atoms with van der Waals surface area (Å²) in [5, 5.41) is 0. The molecule has 2 saturated heterocycles. The van der Waals surface area contributed by atoms with Crippen LogP contribution in [0.1, 0.15) is 43.2 Å². The maximum Gasteiger partial charge on any atom is 0.290 e. The van der Waals surface area contributed by atoms with Crippen LogP contribution in [0.5, 0.6) is 0 Å². The standard InChI is InChI=1S/C15H20N2O3/c1-2-16-11-15(10-13(16)18)7-3-4-8-17(15)14(19)12-6-5-9-20-12/h5-6,9H,2-4,7-8,10-11H2,1H3. The molecular weight excluding hydrogens is 256 g/mol. The van der Waals surface area contributed by atoms with Crippen LogP contribution in [-0.2, 0) is 4.79 Å². The van der Waals surface area contributed by atoms with E-state index in [1.807, 2.05) is 16.7 Å². The average molecular weight is 276 g/mol. The fraction of sp³-hybridized carbons (Fsp3) is 0.600. The van der Waals surface area contributed by atoms with Crippen molar-refractivity contribution in [3.63, 3.8) is 0 Å². The third-order valence-electron chi connectivity index (χ3n) is 4.52. The number of carbonyl (C=O) groups is 2. The molecule has 2 fully saturated rings. The van der Waals surface area contributed by atoms with Gasteiger partial charge >= 0.3 is 0 Å². The number of likely N-dealkylation sites (tertiary alicyclic amines) is 2. The Labute approximate surface area is 118 Å². The molecule has 1 aromatic rings. The second-order valence-corrected chi connectivity index (χ2v) is 5.70. The molecule has 0 saturated carbocycles. The number of hydrogen-bond donors (Lipinski definition) is 0. The highest BCUT2D eigenvalue weighted by molar-refractivity contribution is 5.93. The zero-order valence-electron chi connectivity index (χ0n) is 11.8. The molecule has 5 heteroatoms. The van der Waals surface area contributed by atoms with Crippen molar-refractivity contribution < 1.29 is 14.0 Å². The second-order valence-electron chi connectivity index (χ2n) is 5.70. The number of likely N-dealkylation sites (N-methyl/N-ethyl adjacent to an activating group) is 1. The van der Waals surface area contributed by atoms with Gasteiger partial charge in [0, 0.05) is 19.6 Å². The fourth-order valence-electron chi connectivity index (χ4n) is 3.48. The Morgan fingerprint density at radius 2 is 2.30 bits per heavy atom. The highest BCUT2D eigenvalue weighted by atomic mass is 16.3. The Balaban J connectivity index is 1.88. The molecule has 2 aliphatic heterocycles. The third kappa shape index (κ3) is 2.01. The van der Waals surface area contributed by atoms with Gasteiger partial charge in [0.1, 0.15) is 0 Å². The van der Waals surface area contributed by atoms with E-state index in [4.69, 9.17) is 4.42 Å². The number of rotatable bonds is 2. The summed E-state index contributed by atoms with van der Waals surface area (Å²) >= 11 is 0. The van der Waals surface area contributed by atoms with E-state index in [2.05, 4.69) is 0 Å². The number of hydrogen-bond acceptors (Lipinski definition) is 3.